The van der Waals surface area contributed by atoms with E-state index in [1.807, 2.05) is 34.6 Å². The highest BCUT2D eigenvalue weighted by atomic mass is 35.5. The molecule has 4 rings (SSSR count). The average molecular weight is 448 g/mol. The van der Waals surface area contributed by atoms with E-state index < -0.39 is 0 Å². The number of piperazine rings is 1. The van der Waals surface area contributed by atoms with Gasteiger partial charge in [0, 0.05) is 42.6 Å². The van der Waals surface area contributed by atoms with Crippen molar-refractivity contribution >= 4 is 40.6 Å². The summed E-state index contributed by atoms with van der Waals surface area (Å²) >= 11 is 9.43. The van der Waals surface area contributed by atoms with Gasteiger partial charge < -0.3 is 4.90 Å². The smallest absolute Gasteiger partial charge is 0.233 e. The van der Waals surface area contributed by atoms with Crippen LogP contribution in [0.25, 0.3) is 5.69 Å². The van der Waals surface area contributed by atoms with Crippen LogP contribution in [0, 0.1) is 6.92 Å². The Bertz CT molecular complexity index is 967. The summed E-state index contributed by atoms with van der Waals surface area (Å²) in [5.41, 5.74) is 1.91. The molecule has 1 saturated heterocycles. The molecule has 152 valence electrons. The molecule has 29 heavy (non-hydrogen) atoms. The summed E-state index contributed by atoms with van der Waals surface area (Å²) in [6, 6.07) is 10.1. The first kappa shape index (κ1) is 20.4. The molecule has 1 aliphatic heterocycles. The Morgan fingerprint density at radius 1 is 1.24 bits per heavy atom. The van der Waals surface area contributed by atoms with Crippen molar-refractivity contribution in [3.05, 3.63) is 57.5 Å². The number of aromatic nitrogens is 3. The second-order valence-corrected chi connectivity index (χ2v) is 9.32. The van der Waals surface area contributed by atoms with Gasteiger partial charge in [-0.05, 0) is 36.1 Å². The van der Waals surface area contributed by atoms with Crippen LogP contribution in [0.4, 0.5) is 0 Å². The number of aryl methyl sites for hydroxylation is 1. The van der Waals surface area contributed by atoms with E-state index in [2.05, 4.69) is 32.6 Å². The molecule has 3 aromatic rings. The zero-order valence-electron chi connectivity index (χ0n) is 16.1. The molecule has 6 nitrogen and oxygen atoms in total. The summed E-state index contributed by atoms with van der Waals surface area (Å²) in [6.07, 6.45) is 1.65. The van der Waals surface area contributed by atoms with E-state index in [-0.39, 0.29) is 5.91 Å². The molecule has 0 unspecified atom stereocenters. The third-order valence-corrected chi connectivity index (χ3v) is 7.16. The van der Waals surface area contributed by atoms with Gasteiger partial charge >= 0.3 is 0 Å². The number of carbonyl (C=O) groups excluding carboxylic acids is 1. The summed E-state index contributed by atoms with van der Waals surface area (Å²) in [7, 11) is 0. The van der Waals surface area contributed by atoms with Crippen molar-refractivity contribution in [2.45, 2.75) is 18.6 Å². The molecule has 0 atom stereocenters. The molecular weight excluding hydrogens is 426 g/mol. The molecule has 1 aliphatic rings. The van der Waals surface area contributed by atoms with Crippen LogP contribution >= 0.6 is 34.7 Å². The molecular formula is C20H22ClN5OS2. The van der Waals surface area contributed by atoms with Gasteiger partial charge in [-0.3, -0.25) is 14.3 Å². The van der Waals surface area contributed by atoms with Crippen LogP contribution in [-0.2, 0) is 11.3 Å². The lowest BCUT2D eigenvalue weighted by molar-refractivity contribution is -0.130. The molecule has 0 radical (unpaired) electrons. The highest BCUT2D eigenvalue weighted by Crippen LogP contribution is 2.24. The fraction of sp³-hybridized carbons (Fsp3) is 0.350. The predicted molar refractivity (Wildman–Crippen MR) is 118 cm³/mol. The fourth-order valence-corrected chi connectivity index (χ4v) is 4.98. The highest BCUT2D eigenvalue weighted by molar-refractivity contribution is 7.99. The van der Waals surface area contributed by atoms with Crippen LogP contribution in [0.15, 0.2) is 47.2 Å². The lowest BCUT2D eigenvalue weighted by atomic mass is 10.2. The predicted octanol–water partition coefficient (Wildman–Crippen LogP) is 3.73. The van der Waals surface area contributed by atoms with Crippen LogP contribution in [0.1, 0.15) is 10.4 Å². The molecule has 0 N–H and O–H groups in total. The largest absolute Gasteiger partial charge is 0.339 e. The first-order valence-corrected chi connectivity index (χ1v) is 11.7. The van der Waals surface area contributed by atoms with E-state index in [0.717, 1.165) is 44.0 Å². The fourth-order valence-electron chi connectivity index (χ4n) is 3.23. The van der Waals surface area contributed by atoms with Gasteiger partial charge in [0.2, 0.25) is 5.91 Å². The van der Waals surface area contributed by atoms with Gasteiger partial charge in [0.1, 0.15) is 6.33 Å². The first-order chi connectivity index (χ1) is 14.1. The minimum absolute atomic E-state index is 0.141. The van der Waals surface area contributed by atoms with Gasteiger partial charge in [0.15, 0.2) is 5.16 Å². The summed E-state index contributed by atoms with van der Waals surface area (Å²) in [4.78, 5) is 18.4. The zero-order chi connectivity index (χ0) is 20.2. The Balaban J connectivity index is 1.30. The van der Waals surface area contributed by atoms with Crippen LogP contribution in [0.3, 0.4) is 0 Å². The second-order valence-electron chi connectivity index (χ2n) is 6.94. The second kappa shape index (κ2) is 9.30. The summed E-state index contributed by atoms with van der Waals surface area (Å²) in [6.45, 7) is 6.29. The number of thioether (sulfide) groups is 1. The number of hydrogen-bond donors (Lipinski definition) is 0. The lowest BCUT2D eigenvalue weighted by Crippen LogP contribution is -2.48. The Morgan fingerprint density at radius 3 is 2.79 bits per heavy atom. The van der Waals surface area contributed by atoms with Crippen molar-refractivity contribution in [3.8, 4) is 5.69 Å². The zero-order valence-corrected chi connectivity index (χ0v) is 18.5. The number of hydrogen-bond acceptors (Lipinski definition) is 6. The van der Waals surface area contributed by atoms with Gasteiger partial charge in [0.05, 0.1) is 11.4 Å². The number of halogens is 1. The number of carbonyl (C=O) groups is 1. The van der Waals surface area contributed by atoms with E-state index in [9.17, 15) is 4.79 Å². The van der Waals surface area contributed by atoms with E-state index in [1.165, 1.54) is 16.6 Å². The SMILES string of the molecule is Cc1ccc(-n2cnnc2SCC(=O)N2CCN(Cc3cccs3)CC2)cc1Cl. The average Bonchev–Trinajstić information content (AvgIpc) is 3.41. The van der Waals surface area contributed by atoms with E-state index in [0.29, 0.717) is 15.9 Å². The minimum atomic E-state index is 0.141. The molecule has 1 amide bonds. The van der Waals surface area contributed by atoms with Crippen LogP contribution in [0.5, 0.6) is 0 Å². The molecule has 2 aromatic heterocycles. The molecule has 0 bridgehead atoms. The number of amides is 1. The third-order valence-electron chi connectivity index (χ3n) is 4.96. The van der Waals surface area contributed by atoms with Crippen molar-refractivity contribution in [2.24, 2.45) is 0 Å². The molecule has 9 heteroatoms. The monoisotopic (exact) mass is 447 g/mol. The number of thiophene rings is 1. The maximum atomic E-state index is 12.7. The standard InChI is InChI=1S/C20H22ClN5OS2/c1-15-4-5-16(11-18(15)21)26-14-22-23-20(26)29-13-19(27)25-8-6-24(7-9-25)12-17-3-2-10-28-17/h2-5,10-11,14H,6-9,12-13H2,1H3. The molecule has 1 aromatic carbocycles. The van der Waals surface area contributed by atoms with E-state index in [4.69, 9.17) is 11.6 Å². The topological polar surface area (TPSA) is 54.3 Å². The first-order valence-electron chi connectivity index (χ1n) is 9.42. The lowest BCUT2D eigenvalue weighted by Gasteiger charge is -2.34. The van der Waals surface area contributed by atoms with Crippen LogP contribution < -0.4 is 0 Å². The Kier molecular flexibility index (Phi) is 6.54. The van der Waals surface area contributed by atoms with Gasteiger partial charge in [-0.15, -0.1) is 21.5 Å². The molecule has 3 heterocycles. The van der Waals surface area contributed by atoms with Crippen molar-refractivity contribution in [3.63, 3.8) is 0 Å². The van der Waals surface area contributed by atoms with Gasteiger partial charge in [0.25, 0.3) is 0 Å². The van der Waals surface area contributed by atoms with Gasteiger partial charge in [-0.2, -0.15) is 0 Å². The number of nitrogens with zero attached hydrogens (tertiary/aromatic N) is 5. The Morgan fingerprint density at radius 2 is 2.07 bits per heavy atom. The van der Waals surface area contributed by atoms with Crippen LogP contribution in [-0.4, -0.2) is 62.4 Å². The van der Waals surface area contributed by atoms with Crippen molar-refractivity contribution in [2.75, 3.05) is 31.9 Å². The Labute approximate surface area is 183 Å². The minimum Gasteiger partial charge on any atom is -0.339 e. The summed E-state index contributed by atoms with van der Waals surface area (Å²) < 4.78 is 1.86. The highest BCUT2D eigenvalue weighted by Gasteiger charge is 2.22. The number of benzene rings is 1. The maximum absolute atomic E-state index is 12.7. The normalized spacial score (nSPS) is 15.0. The van der Waals surface area contributed by atoms with Crippen molar-refractivity contribution in [1.29, 1.82) is 0 Å². The van der Waals surface area contributed by atoms with Gasteiger partial charge in [-0.1, -0.05) is 35.5 Å². The third kappa shape index (κ3) is 5.01. The summed E-state index contributed by atoms with van der Waals surface area (Å²) in [5.74, 6) is 0.491. The molecule has 1 fully saturated rings. The molecule has 0 saturated carbocycles. The molecule has 0 aliphatic carbocycles. The Hall–Kier alpha value is -1.87. The summed E-state index contributed by atoms with van der Waals surface area (Å²) in [5, 5.41) is 11.7. The van der Waals surface area contributed by atoms with Crippen molar-refractivity contribution < 1.29 is 4.79 Å². The molecule has 0 spiro atoms. The van der Waals surface area contributed by atoms with Gasteiger partial charge in [-0.25, -0.2) is 0 Å². The quantitative estimate of drug-likeness (QED) is 0.539. The van der Waals surface area contributed by atoms with Crippen LogP contribution in [0.2, 0.25) is 5.02 Å². The van der Waals surface area contributed by atoms with E-state index in [1.54, 1.807) is 17.7 Å². The van der Waals surface area contributed by atoms with E-state index >= 15 is 0 Å². The van der Waals surface area contributed by atoms with Crippen molar-refractivity contribution in [1.82, 2.24) is 24.6 Å². The number of rotatable bonds is 6. The maximum Gasteiger partial charge on any atom is 0.233 e.